The first-order valence-corrected chi connectivity index (χ1v) is 6.64. The number of nitrogens with one attached hydrogen (secondary N) is 1. The van der Waals surface area contributed by atoms with Crippen LogP contribution in [0.25, 0.3) is 0 Å². The zero-order valence-corrected chi connectivity index (χ0v) is 12.5. The minimum Gasteiger partial charge on any atom is -0.497 e. The quantitative estimate of drug-likeness (QED) is 0.916. The average molecular weight is 285 g/mol. The van der Waals surface area contributed by atoms with Gasteiger partial charge in [0.15, 0.2) is 0 Å². The zero-order valence-electron chi connectivity index (χ0n) is 12.5. The summed E-state index contributed by atoms with van der Waals surface area (Å²) in [6, 6.07) is 11.4. The van der Waals surface area contributed by atoms with Gasteiger partial charge in [0.1, 0.15) is 11.4 Å². The van der Waals surface area contributed by atoms with Gasteiger partial charge >= 0.3 is 0 Å². The number of rotatable bonds is 5. The Bertz CT molecular complexity index is 626. The molecule has 2 rings (SSSR count). The van der Waals surface area contributed by atoms with Gasteiger partial charge in [0, 0.05) is 32.5 Å². The molecule has 0 radical (unpaired) electrons. The number of hydrogen-bond donors (Lipinski definition) is 1. The molecule has 0 bridgehead atoms. The van der Waals surface area contributed by atoms with Gasteiger partial charge in [-0.2, -0.15) is 0 Å². The molecule has 0 aliphatic carbocycles. The highest BCUT2D eigenvalue weighted by Gasteiger charge is 2.09. The van der Waals surface area contributed by atoms with Crippen molar-refractivity contribution in [3.63, 3.8) is 0 Å². The maximum Gasteiger partial charge on any atom is 0.272 e. The number of amides is 1. The summed E-state index contributed by atoms with van der Waals surface area (Å²) in [5.41, 5.74) is 2.39. The van der Waals surface area contributed by atoms with E-state index in [1.54, 1.807) is 33.5 Å². The van der Waals surface area contributed by atoms with Crippen LogP contribution in [0.3, 0.4) is 0 Å². The van der Waals surface area contributed by atoms with Crippen molar-refractivity contribution in [1.82, 2.24) is 9.88 Å². The molecule has 2 aromatic rings. The molecule has 0 atom stereocenters. The van der Waals surface area contributed by atoms with Crippen LogP contribution in [0.1, 0.15) is 16.1 Å². The lowest BCUT2D eigenvalue weighted by atomic mass is 10.2. The number of hydrogen-bond acceptors (Lipinski definition) is 4. The number of nitrogens with zero attached hydrogens (tertiary/aromatic N) is 2. The van der Waals surface area contributed by atoms with Gasteiger partial charge in [-0.1, -0.05) is 12.1 Å². The molecule has 0 aliphatic heterocycles. The summed E-state index contributed by atoms with van der Waals surface area (Å²) < 4.78 is 5.20. The van der Waals surface area contributed by atoms with Gasteiger partial charge in [-0.15, -0.1) is 0 Å². The van der Waals surface area contributed by atoms with E-state index in [1.807, 2.05) is 30.3 Å². The van der Waals surface area contributed by atoms with Crippen molar-refractivity contribution in [2.24, 2.45) is 0 Å². The van der Waals surface area contributed by atoms with Crippen molar-refractivity contribution in [2.45, 2.75) is 6.54 Å². The second kappa shape index (κ2) is 6.74. The van der Waals surface area contributed by atoms with Crippen molar-refractivity contribution in [1.29, 1.82) is 0 Å². The number of benzene rings is 1. The summed E-state index contributed by atoms with van der Waals surface area (Å²) in [6.45, 7) is 0.650. The minimum atomic E-state index is -0.111. The Morgan fingerprint density at radius 3 is 2.81 bits per heavy atom. The smallest absolute Gasteiger partial charge is 0.272 e. The molecular weight excluding hydrogens is 266 g/mol. The summed E-state index contributed by atoms with van der Waals surface area (Å²) in [5, 5.41) is 3.28. The number of methoxy groups -OCH3 is 1. The summed E-state index contributed by atoms with van der Waals surface area (Å²) in [6.07, 6.45) is 1.63. The fourth-order valence-electron chi connectivity index (χ4n) is 1.87. The lowest BCUT2D eigenvalue weighted by Crippen LogP contribution is -2.22. The van der Waals surface area contributed by atoms with Gasteiger partial charge in [-0.25, -0.2) is 0 Å². The van der Waals surface area contributed by atoms with Crippen LogP contribution in [0.5, 0.6) is 5.75 Å². The highest BCUT2D eigenvalue weighted by Crippen LogP contribution is 2.15. The lowest BCUT2D eigenvalue weighted by molar-refractivity contribution is 0.0822. The van der Waals surface area contributed by atoms with Gasteiger partial charge < -0.3 is 15.0 Å². The molecule has 1 heterocycles. The summed E-state index contributed by atoms with van der Waals surface area (Å²) in [4.78, 5) is 17.5. The molecular formula is C16H19N3O2. The van der Waals surface area contributed by atoms with Crippen LogP contribution >= 0.6 is 0 Å². The van der Waals surface area contributed by atoms with E-state index in [0.717, 1.165) is 17.0 Å². The standard InChI is InChI=1S/C16H19N3O2/c1-19(2)16(20)15-10-13(7-8-17-15)18-11-12-5-4-6-14(9-12)21-3/h4-10H,11H2,1-3H3,(H,17,18). The Balaban J connectivity index is 2.06. The Morgan fingerprint density at radius 1 is 1.29 bits per heavy atom. The highest BCUT2D eigenvalue weighted by molar-refractivity contribution is 5.92. The number of ether oxygens (including phenoxy) is 1. The van der Waals surface area contributed by atoms with Gasteiger partial charge in [0.25, 0.3) is 5.91 Å². The molecule has 0 saturated carbocycles. The van der Waals surface area contributed by atoms with Crippen LogP contribution in [0.15, 0.2) is 42.6 Å². The van der Waals surface area contributed by atoms with Gasteiger partial charge in [0.2, 0.25) is 0 Å². The predicted octanol–water partition coefficient (Wildman–Crippen LogP) is 2.40. The molecule has 5 nitrogen and oxygen atoms in total. The molecule has 1 N–H and O–H groups in total. The van der Waals surface area contributed by atoms with E-state index in [9.17, 15) is 4.79 Å². The zero-order chi connectivity index (χ0) is 15.2. The normalized spacial score (nSPS) is 10.0. The number of aromatic nitrogens is 1. The molecule has 110 valence electrons. The number of carbonyl (C=O) groups is 1. The first-order chi connectivity index (χ1) is 10.1. The molecule has 1 aromatic carbocycles. The highest BCUT2D eigenvalue weighted by atomic mass is 16.5. The number of pyridine rings is 1. The van der Waals surface area contributed by atoms with E-state index in [2.05, 4.69) is 10.3 Å². The topological polar surface area (TPSA) is 54.5 Å². The fraction of sp³-hybridized carbons (Fsp3) is 0.250. The molecule has 1 amide bonds. The SMILES string of the molecule is COc1cccc(CNc2ccnc(C(=O)N(C)C)c2)c1. The van der Waals surface area contributed by atoms with E-state index in [0.29, 0.717) is 12.2 Å². The van der Waals surface area contributed by atoms with Crippen molar-refractivity contribution in [2.75, 3.05) is 26.5 Å². The maximum atomic E-state index is 11.9. The van der Waals surface area contributed by atoms with Crippen LogP contribution in [0.2, 0.25) is 0 Å². The minimum absolute atomic E-state index is 0.111. The summed E-state index contributed by atoms with van der Waals surface area (Å²) in [7, 11) is 5.06. The van der Waals surface area contributed by atoms with Gasteiger partial charge in [-0.3, -0.25) is 9.78 Å². The number of anilines is 1. The van der Waals surface area contributed by atoms with Gasteiger partial charge in [0.05, 0.1) is 7.11 Å². The maximum absolute atomic E-state index is 11.9. The van der Waals surface area contributed by atoms with Crippen LogP contribution in [-0.2, 0) is 6.54 Å². The van der Waals surface area contributed by atoms with Crippen molar-refractivity contribution < 1.29 is 9.53 Å². The van der Waals surface area contributed by atoms with Crippen LogP contribution in [0, 0.1) is 0 Å². The lowest BCUT2D eigenvalue weighted by Gasteiger charge is -2.11. The fourth-order valence-corrected chi connectivity index (χ4v) is 1.87. The summed E-state index contributed by atoms with van der Waals surface area (Å²) in [5.74, 6) is 0.715. The Kier molecular flexibility index (Phi) is 4.77. The van der Waals surface area contributed by atoms with E-state index in [-0.39, 0.29) is 5.91 Å². The van der Waals surface area contributed by atoms with Crippen molar-refractivity contribution in [3.8, 4) is 5.75 Å². The largest absolute Gasteiger partial charge is 0.497 e. The van der Waals surface area contributed by atoms with E-state index in [4.69, 9.17) is 4.74 Å². The Morgan fingerprint density at radius 2 is 2.10 bits per heavy atom. The number of carbonyl (C=O) groups excluding carboxylic acids is 1. The van der Waals surface area contributed by atoms with Gasteiger partial charge in [-0.05, 0) is 29.8 Å². The Labute approximate surface area is 124 Å². The molecule has 0 unspecified atom stereocenters. The van der Waals surface area contributed by atoms with E-state index >= 15 is 0 Å². The third kappa shape index (κ3) is 3.95. The van der Waals surface area contributed by atoms with Crippen LogP contribution in [-0.4, -0.2) is 37.0 Å². The third-order valence-corrected chi connectivity index (χ3v) is 3.02. The van der Waals surface area contributed by atoms with E-state index in [1.165, 1.54) is 4.90 Å². The summed E-state index contributed by atoms with van der Waals surface area (Å²) >= 11 is 0. The van der Waals surface area contributed by atoms with E-state index < -0.39 is 0 Å². The van der Waals surface area contributed by atoms with Crippen LogP contribution < -0.4 is 10.1 Å². The first-order valence-electron chi connectivity index (χ1n) is 6.64. The third-order valence-electron chi connectivity index (χ3n) is 3.02. The second-order valence-electron chi connectivity index (χ2n) is 4.83. The Hall–Kier alpha value is -2.56. The second-order valence-corrected chi connectivity index (χ2v) is 4.83. The van der Waals surface area contributed by atoms with Crippen LogP contribution in [0.4, 0.5) is 5.69 Å². The average Bonchev–Trinajstić information content (AvgIpc) is 2.52. The van der Waals surface area contributed by atoms with Crippen molar-refractivity contribution in [3.05, 3.63) is 53.9 Å². The molecule has 0 fully saturated rings. The van der Waals surface area contributed by atoms with Crippen molar-refractivity contribution >= 4 is 11.6 Å². The molecule has 0 aliphatic rings. The monoisotopic (exact) mass is 285 g/mol. The molecule has 0 spiro atoms. The predicted molar refractivity (Wildman–Crippen MR) is 82.6 cm³/mol. The molecule has 0 saturated heterocycles. The molecule has 21 heavy (non-hydrogen) atoms. The molecule has 5 heteroatoms. The molecule has 1 aromatic heterocycles. The first kappa shape index (κ1) is 14.8.